The Morgan fingerprint density at radius 1 is 1.18 bits per heavy atom. The highest BCUT2D eigenvalue weighted by atomic mass is 32.2. The number of carbonyl (C=O) groups excluding carboxylic acids is 1. The second-order valence-corrected chi connectivity index (χ2v) is 7.44. The molecule has 1 saturated carbocycles. The van der Waals surface area contributed by atoms with Crippen molar-refractivity contribution >= 4 is 17.7 Å². The van der Waals surface area contributed by atoms with E-state index in [1.54, 1.807) is 18.9 Å². The number of methoxy groups -OCH3 is 1. The van der Waals surface area contributed by atoms with Crippen LogP contribution in [0.25, 0.3) is 0 Å². The van der Waals surface area contributed by atoms with Gasteiger partial charge < -0.3 is 9.64 Å². The molecule has 1 fully saturated rings. The third-order valence-corrected chi connectivity index (χ3v) is 5.54. The zero-order valence-corrected chi connectivity index (χ0v) is 14.7. The molecule has 1 aliphatic carbocycles. The molecule has 22 heavy (non-hydrogen) atoms. The first-order valence-corrected chi connectivity index (χ1v) is 9.07. The van der Waals surface area contributed by atoms with E-state index in [4.69, 9.17) is 4.74 Å². The number of hydrogen-bond acceptors (Lipinski definition) is 3. The first kappa shape index (κ1) is 17.2. The highest BCUT2D eigenvalue weighted by Crippen LogP contribution is 2.28. The molecule has 1 aliphatic rings. The van der Waals surface area contributed by atoms with Crippen LogP contribution in [0.15, 0.2) is 29.2 Å². The number of amides is 1. The van der Waals surface area contributed by atoms with E-state index in [0.29, 0.717) is 6.04 Å². The largest absolute Gasteiger partial charge is 0.497 e. The molecular formula is C18H27NO2S. The van der Waals surface area contributed by atoms with Gasteiger partial charge >= 0.3 is 0 Å². The van der Waals surface area contributed by atoms with Crippen molar-refractivity contribution in [3.05, 3.63) is 24.3 Å². The van der Waals surface area contributed by atoms with E-state index in [2.05, 4.69) is 0 Å². The maximum absolute atomic E-state index is 12.7. The monoisotopic (exact) mass is 321 g/mol. The second kappa shape index (κ2) is 8.47. The molecule has 0 heterocycles. The summed E-state index contributed by atoms with van der Waals surface area (Å²) in [6.07, 6.45) is 7.44. The van der Waals surface area contributed by atoms with Crippen LogP contribution in [0.1, 0.15) is 45.4 Å². The number of benzene rings is 1. The van der Waals surface area contributed by atoms with Crippen molar-refractivity contribution in [1.29, 1.82) is 0 Å². The number of rotatable bonds is 5. The van der Waals surface area contributed by atoms with E-state index >= 15 is 0 Å². The minimum Gasteiger partial charge on any atom is -0.497 e. The van der Waals surface area contributed by atoms with Crippen LogP contribution in [0.3, 0.4) is 0 Å². The van der Waals surface area contributed by atoms with Crippen molar-refractivity contribution in [1.82, 2.24) is 4.90 Å². The standard InChI is InChI=1S/C18H27NO2S/c1-14(22-17-12-10-16(21-3)11-13-17)18(20)19(2)15-8-6-4-5-7-9-15/h10-15H,4-9H2,1-3H3. The van der Waals surface area contributed by atoms with Gasteiger partial charge in [0, 0.05) is 18.0 Å². The van der Waals surface area contributed by atoms with E-state index in [9.17, 15) is 4.79 Å². The molecule has 0 spiro atoms. The number of ether oxygens (including phenoxy) is 1. The summed E-state index contributed by atoms with van der Waals surface area (Å²) in [6, 6.07) is 8.33. The smallest absolute Gasteiger partial charge is 0.235 e. The van der Waals surface area contributed by atoms with E-state index in [-0.39, 0.29) is 11.2 Å². The fourth-order valence-corrected chi connectivity index (χ4v) is 3.99. The third-order valence-electron chi connectivity index (χ3n) is 4.44. The van der Waals surface area contributed by atoms with Gasteiger partial charge in [0.1, 0.15) is 5.75 Å². The maximum atomic E-state index is 12.7. The number of carbonyl (C=O) groups is 1. The third kappa shape index (κ3) is 4.67. The van der Waals surface area contributed by atoms with E-state index in [1.165, 1.54) is 25.7 Å². The maximum Gasteiger partial charge on any atom is 0.235 e. The Morgan fingerprint density at radius 3 is 2.32 bits per heavy atom. The summed E-state index contributed by atoms with van der Waals surface area (Å²) < 4.78 is 5.17. The minimum atomic E-state index is -0.0540. The van der Waals surface area contributed by atoms with Crippen molar-refractivity contribution in [3.63, 3.8) is 0 Å². The van der Waals surface area contributed by atoms with Gasteiger partial charge in [0.15, 0.2) is 0 Å². The quantitative estimate of drug-likeness (QED) is 0.596. The molecule has 4 heteroatoms. The molecule has 1 aromatic rings. The summed E-state index contributed by atoms with van der Waals surface area (Å²) in [5.41, 5.74) is 0. The van der Waals surface area contributed by atoms with Crippen LogP contribution < -0.4 is 4.74 Å². The molecule has 0 aliphatic heterocycles. The van der Waals surface area contributed by atoms with Gasteiger partial charge in [0.2, 0.25) is 5.91 Å². The van der Waals surface area contributed by atoms with Crippen LogP contribution in [0, 0.1) is 0 Å². The molecule has 3 nitrogen and oxygen atoms in total. The molecule has 0 bridgehead atoms. The summed E-state index contributed by atoms with van der Waals surface area (Å²) in [4.78, 5) is 15.8. The van der Waals surface area contributed by atoms with E-state index in [0.717, 1.165) is 23.5 Å². The number of hydrogen-bond donors (Lipinski definition) is 0. The van der Waals surface area contributed by atoms with Gasteiger partial charge in [0.25, 0.3) is 0 Å². The molecule has 1 amide bonds. The fourth-order valence-electron chi connectivity index (χ4n) is 3.02. The minimum absolute atomic E-state index is 0.0540. The van der Waals surface area contributed by atoms with Crippen molar-refractivity contribution in [3.8, 4) is 5.75 Å². The fraction of sp³-hybridized carbons (Fsp3) is 0.611. The van der Waals surface area contributed by atoms with Crippen molar-refractivity contribution < 1.29 is 9.53 Å². The molecule has 1 atom stereocenters. The van der Waals surface area contributed by atoms with Crippen LogP contribution in [0.5, 0.6) is 5.75 Å². The SMILES string of the molecule is COc1ccc(SC(C)C(=O)N(C)C2CCCCCC2)cc1. The van der Waals surface area contributed by atoms with Crippen molar-refractivity contribution in [2.45, 2.75) is 61.6 Å². The zero-order chi connectivity index (χ0) is 15.9. The summed E-state index contributed by atoms with van der Waals surface area (Å²) in [5.74, 6) is 1.09. The summed E-state index contributed by atoms with van der Waals surface area (Å²) in [6.45, 7) is 2.00. The Morgan fingerprint density at radius 2 is 1.77 bits per heavy atom. The lowest BCUT2D eigenvalue weighted by molar-refractivity contribution is -0.131. The van der Waals surface area contributed by atoms with Crippen molar-refractivity contribution in [2.75, 3.05) is 14.2 Å². The Balaban J connectivity index is 1.92. The van der Waals surface area contributed by atoms with Gasteiger partial charge in [-0.1, -0.05) is 25.7 Å². The van der Waals surface area contributed by atoms with Gasteiger partial charge in [0.05, 0.1) is 12.4 Å². The molecule has 0 N–H and O–H groups in total. The number of nitrogens with zero attached hydrogens (tertiary/aromatic N) is 1. The lowest BCUT2D eigenvalue weighted by atomic mass is 10.1. The average Bonchev–Trinajstić information content (AvgIpc) is 2.83. The Kier molecular flexibility index (Phi) is 6.62. The van der Waals surface area contributed by atoms with Gasteiger partial charge in [-0.3, -0.25) is 4.79 Å². The average molecular weight is 321 g/mol. The van der Waals surface area contributed by atoms with Gasteiger partial charge in [-0.05, 0) is 44.0 Å². The highest BCUT2D eigenvalue weighted by Gasteiger charge is 2.25. The highest BCUT2D eigenvalue weighted by molar-refractivity contribution is 8.00. The van der Waals surface area contributed by atoms with Crippen LogP contribution >= 0.6 is 11.8 Å². The van der Waals surface area contributed by atoms with Crippen LogP contribution in [0.2, 0.25) is 0 Å². The van der Waals surface area contributed by atoms with Gasteiger partial charge in [-0.15, -0.1) is 11.8 Å². The molecule has 122 valence electrons. The predicted octanol–water partition coefficient (Wildman–Crippen LogP) is 4.36. The van der Waals surface area contributed by atoms with Gasteiger partial charge in [-0.2, -0.15) is 0 Å². The molecule has 0 saturated heterocycles. The second-order valence-electron chi connectivity index (χ2n) is 6.03. The zero-order valence-electron chi connectivity index (χ0n) is 13.9. The first-order chi connectivity index (χ1) is 10.6. The Bertz CT molecular complexity index is 466. The molecule has 0 aromatic heterocycles. The number of thioether (sulfide) groups is 1. The van der Waals surface area contributed by atoms with Crippen LogP contribution in [-0.2, 0) is 4.79 Å². The topological polar surface area (TPSA) is 29.5 Å². The van der Waals surface area contributed by atoms with Crippen LogP contribution in [0.4, 0.5) is 0 Å². The van der Waals surface area contributed by atoms with E-state index < -0.39 is 0 Å². The molecule has 1 aromatic carbocycles. The summed E-state index contributed by atoms with van der Waals surface area (Å²) in [7, 11) is 3.64. The molecule has 2 rings (SSSR count). The van der Waals surface area contributed by atoms with Gasteiger partial charge in [-0.25, -0.2) is 0 Å². The lowest BCUT2D eigenvalue weighted by Gasteiger charge is -2.29. The molecular weight excluding hydrogens is 294 g/mol. The molecule has 1 unspecified atom stereocenters. The normalized spacial score (nSPS) is 17.6. The predicted molar refractivity (Wildman–Crippen MR) is 92.6 cm³/mol. The lowest BCUT2D eigenvalue weighted by Crippen LogP contribution is -2.40. The summed E-state index contributed by atoms with van der Waals surface area (Å²) >= 11 is 1.62. The van der Waals surface area contributed by atoms with Crippen molar-refractivity contribution in [2.24, 2.45) is 0 Å². The van der Waals surface area contributed by atoms with Crippen LogP contribution in [-0.4, -0.2) is 36.3 Å². The molecule has 0 radical (unpaired) electrons. The first-order valence-electron chi connectivity index (χ1n) is 8.19. The Hall–Kier alpha value is -1.16. The van der Waals surface area contributed by atoms with E-state index in [1.807, 2.05) is 43.1 Å². The summed E-state index contributed by atoms with van der Waals surface area (Å²) in [5, 5.41) is -0.0540. The Labute approximate surface area is 138 Å².